The third-order valence-corrected chi connectivity index (χ3v) is 2.30. The maximum absolute atomic E-state index is 11.0. The van der Waals surface area contributed by atoms with Crippen molar-refractivity contribution in [3.05, 3.63) is 36.2 Å². The molecule has 0 N–H and O–H groups in total. The van der Waals surface area contributed by atoms with Gasteiger partial charge in [-0.15, -0.1) is 0 Å². The van der Waals surface area contributed by atoms with Crippen molar-refractivity contribution in [3.8, 4) is 0 Å². The van der Waals surface area contributed by atoms with Crippen LogP contribution < -0.4 is 0 Å². The van der Waals surface area contributed by atoms with Crippen LogP contribution in [0.3, 0.4) is 0 Å². The first-order chi connectivity index (χ1) is 8.33. The molecule has 0 aliphatic carbocycles. The van der Waals surface area contributed by atoms with E-state index >= 15 is 0 Å². The van der Waals surface area contributed by atoms with Gasteiger partial charge in [-0.05, 0) is 37.8 Å². The standard InChI is InChI=1S/C14H19NO2/c1-2-17-14(16)10-6-4-3-5-8-13-9-7-11-15-12-13/h5,7-9,11-12H,2-4,6,10H2,1H3. The largest absolute Gasteiger partial charge is 0.466 e. The first-order valence-electron chi connectivity index (χ1n) is 6.05. The molecule has 1 heterocycles. The van der Waals surface area contributed by atoms with Gasteiger partial charge >= 0.3 is 5.97 Å². The Kier molecular flexibility index (Phi) is 6.72. The second kappa shape index (κ2) is 8.50. The first kappa shape index (κ1) is 13.4. The van der Waals surface area contributed by atoms with E-state index in [-0.39, 0.29) is 5.97 Å². The Morgan fingerprint density at radius 2 is 2.35 bits per heavy atom. The van der Waals surface area contributed by atoms with Gasteiger partial charge in [-0.1, -0.05) is 18.2 Å². The van der Waals surface area contributed by atoms with E-state index in [0.29, 0.717) is 13.0 Å². The number of carbonyl (C=O) groups is 1. The molecule has 0 fully saturated rings. The number of esters is 1. The first-order valence-corrected chi connectivity index (χ1v) is 6.05. The average molecular weight is 233 g/mol. The fourth-order valence-corrected chi connectivity index (χ4v) is 1.46. The van der Waals surface area contributed by atoms with Crippen molar-refractivity contribution in [1.29, 1.82) is 0 Å². The Balaban J connectivity index is 2.08. The lowest BCUT2D eigenvalue weighted by Crippen LogP contribution is -2.02. The molecule has 0 spiro atoms. The smallest absolute Gasteiger partial charge is 0.305 e. The van der Waals surface area contributed by atoms with Gasteiger partial charge in [0.25, 0.3) is 0 Å². The number of unbranched alkanes of at least 4 members (excludes halogenated alkanes) is 2. The van der Waals surface area contributed by atoms with Crippen LogP contribution in [-0.4, -0.2) is 17.6 Å². The van der Waals surface area contributed by atoms with Crippen LogP contribution in [0.5, 0.6) is 0 Å². The van der Waals surface area contributed by atoms with Crippen LogP contribution in [0.15, 0.2) is 30.6 Å². The number of rotatable bonds is 7. The quantitative estimate of drug-likeness (QED) is 0.536. The van der Waals surface area contributed by atoms with E-state index in [1.54, 1.807) is 6.20 Å². The highest BCUT2D eigenvalue weighted by molar-refractivity contribution is 5.69. The van der Waals surface area contributed by atoms with Crippen molar-refractivity contribution in [1.82, 2.24) is 4.98 Å². The molecular formula is C14H19NO2. The van der Waals surface area contributed by atoms with Gasteiger partial charge < -0.3 is 4.74 Å². The summed E-state index contributed by atoms with van der Waals surface area (Å²) >= 11 is 0. The number of nitrogens with zero attached hydrogens (tertiary/aromatic N) is 1. The van der Waals surface area contributed by atoms with E-state index in [1.807, 2.05) is 25.3 Å². The zero-order valence-corrected chi connectivity index (χ0v) is 10.3. The maximum atomic E-state index is 11.0. The molecule has 1 aromatic rings. The molecule has 0 atom stereocenters. The molecule has 1 rings (SSSR count). The van der Waals surface area contributed by atoms with E-state index < -0.39 is 0 Å². The van der Waals surface area contributed by atoms with Crippen molar-refractivity contribution in [2.45, 2.75) is 32.6 Å². The minimum atomic E-state index is -0.0938. The van der Waals surface area contributed by atoms with Crippen LogP contribution in [-0.2, 0) is 9.53 Å². The van der Waals surface area contributed by atoms with Crippen molar-refractivity contribution in [3.63, 3.8) is 0 Å². The molecule has 17 heavy (non-hydrogen) atoms. The van der Waals surface area contributed by atoms with Crippen molar-refractivity contribution in [2.75, 3.05) is 6.61 Å². The fraction of sp³-hybridized carbons (Fsp3) is 0.429. The monoisotopic (exact) mass is 233 g/mol. The summed E-state index contributed by atoms with van der Waals surface area (Å²) in [5.74, 6) is -0.0938. The predicted octanol–water partition coefficient (Wildman–Crippen LogP) is 3.22. The van der Waals surface area contributed by atoms with E-state index in [2.05, 4.69) is 17.1 Å². The van der Waals surface area contributed by atoms with Gasteiger partial charge in [0.05, 0.1) is 6.61 Å². The summed E-state index contributed by atoms with van der Waals surface area (Å²) in [6, 6.07) is 3.93. The summed E-state index contributed by atoms with van der Waals surface area (Å²) in [6.45, 7) is 2.30. The molecule has 0 aromatic carbocycles. The third kappa shape index (κ3) is 6.51. The van der Waals surface area contributed by atoms with Gasteiger partial charge in [0, 0.05) is 18.8 Å². The zero-order chi connectivity index (χ0) is 12.3. The van der Waals surface area contributed by atoms with Crippen LogP contribution in [0.1, 0.15) is 38.2 Å². The number of hydrogen-bond acceptors (Lipinski definition) is 3. The Morgan fingerprint density at radius 1 is 1.47 bits per heavy atom. The van der Waals surface area contributed by atoms with E-state index in [4.69, 9.17) is 4.74 Å². The van der Waals surface area contributed by atoms with Crippen LogP contribution >= 0.6 is 0 Å². The minimum Gasteiger partial charge on any atom is -0.466 e. The molecule has 0 bridgehead atoms. The predicted molar refractivity (Wildman–Crippen MR) is 68.4 cm³/mol. The Labute approximate surface area is 103 Å². The molecule has 0 amide bonds. The average Bonchev–Trinajstić information content (AvgIpc) is 2.35. The van der Waals surface area contributed by atoms with E-state index in [0.717, 1.165) is 24.8 Å². The molecule has 0 saturated heterocycles. The normalized spacial score (nSPS) is 10.6. The van der Waals surface area contributed by atoms with Crippen LogP contribution in [0.4, 0.5) is 0 Å². The van der Waals surface area contributed by atoms with Crippen LogP contribution in [0.25, 0.3) is 6.08 Å². The van der Waals surface area contributed by atoms with E-state index in [9.17, 15) is 4.79 Å². The lowest BCUT2D eigenvalue weighted by molar-refractivity contribution is -0.143. The summed E-state index contributed by atoms with van der Waals surface area (Å²) < 4.78 is 4.85. The fourth-order valence-electron chi connectivity index (χ4n) is 1.46. The highest BCUT2D eigenvalue weighted by Crippen LogP contribution is 2.05. The molecule has 92 valence electrons. The summed E-state index contributed by atoms with van der Waals surface area (Å²) in [4.78, 5) is 15.1. The molecule has 0 aliphatic heterocycles. The number of hydrogen-bond donors (Lipinski definition) is 0. The van der Waals surface area contributed by atoms with Gasteiger partial charge in [-0.2, -0.15) is 0 Å². The third-order valence-electron chi connectivity index (χ3n) is 2.30. The summed E-state index contributed by atoms with van der Waals surface area (Å²) in [7, 11) is 0. The molecule has 3 nitrogen and oxygen atoms in total. The Morgan fingerprint density at radius 3 is 3.06 bits per heavy atom. The summed E-state index contributed by atoms with van der Waals surface area (Å²) in [5, 5.41) is 0. The van der Waals surface area contributed by atoms with Gasteiger partial charge in [0.1, 0.15) is 0 Å². The van der Waals surface area contributed by atoms with Crippen molar-refractivity contribution < 1.29 is 9.53 Å². The molecule has 0 saturated carbocycles. The molecular weight excluding hydrogens is 214 g/mol. The maximum Gasteiger partial charge on any atom is 0.305 e. The number of ether oxygens (including phenoxy) is 1. The van der Waals surface area contributed by atoms with Crippen molar-refractivity contribution in [2.24, 2.45) is 0 Å². The minimum absolute atomic E-state index is 0.0938. The van der Waals surface area contributed by atoms with Crippen molar-refractivity contribution >= 4 is 12.0 Å². The zero-order valence-electron chi connectivity index (χ0n) is 10.3. The Hall–Kier alpha value is -1.64. The topological polar surface area (TPSA) is 39.2 Å². The molecule has 3 heteroatoms. The summed E-state index contributed by atoms with van der Waals surface area (Å²) in [6.07, 6.45) is 11.2. The lowest BCUT2D eigenvalue weighted by atomic mass is 10.1. The molecule has 1 aromatic heterocycles. The van der Waals surface area contributed by atoms with Crippen LogP contribution in [0, 0.1) is 0 Å². The number of allylic oxidation sites excluding steroid dienone is 1. The SMILES string of the molecule is CCOC(=O)CCCCC=Cc1cccnc1. The molecule has 0 radical (unpaired) electrons. The second-order valence-corrected chi connectivity index (χ2v) is 3.74. The van der Waals surface area contributed by atoms with Crippen LogP contribution in [0.2, 0.25) is 0 Å². The number of pyridine rings is 1. The Bertz CT molecular complexity index is 346. The van der Waals surface area contributed by atoms with Gasteiger partial charge in [0.2, 0.25) is 0 Å². The van der Waals surface area contributed by atoms with Gasteiger partial charge in [0.15, 0.2) is 0 Å². The number of carbonyl (C=O) groups excluding carboxylic acids is 1. The highest BCUT2D eigenvalue weighted by atomic mass is 16.5. The second-order valence-electron chi connectivity index (χ2n) is 3.74. The summed E-state index contributed by atoms with van der Waals surface area (Å²) in [5.41, 5.74) is 1.11. The van der Waals surface area contributed by atoms with Gasteiger partial charge in [-0.3, -0.25) is 9.78 Å². The molecule has 0 unspecified atom stereocenters. The molecule has 0 aliphatic rings. The van der Waals surface area contributed by atoms with E-state index in [1.165, 1.54) is 0 Å². The van der Waals surface area contributed by atoms with Gasteiger partial charge in [-0.25, -0.2) is 0 Å². The number of aromatic nitrogens is 1. The lowest BCUT2D eigenvalue weighted by Gasteiger charge is -1.99. The highest BCUT2D eigenvalue weighted by Gasteiger charge is 1.99.